The molecule has 0 bridgehead atoms. The molecule has 0 N–H and O–H groups in total. The van der Waals surface area contributed by atoms with Gasteiger partial charge in [-0.3, -0.25) is 0 Å². The van der Waals surface area contributed by atoms with Crippen molar-refractivity contribution in [3.63, 3.8) is 0 Å². The summed E-state index contributed by atoms with van der Waals surface area (Å²) in [5.74, 6) is 0.482. The summed E-state index contributed by atoms with van der Waals surface area (Å²) >= 11 is 0. The Morgan fingerprint density at radius 1 is 1.23 bits per heavy atom. The summed E-state index contributed by atoms with van der Waals surface area (Å²) in [5, 5.41) is 0. The highest BCUT2D eigenvalue weighted by Gasteiger charge is 2.51. The van der Waals surface area contributed by atoms with Crippen LogP contribution in [0.25, 0.3) is 0 Å². The maximum Gasteiger partial charge on any atom is 0.496 e. The van der Waals surface area contributed by atoms with Gasteiger partial charge in [-0.25, -0.2) is 4.98 Å². The van der Waals surface area contributed by atoms with Crippen LogP contribution in [0.5, 0.6) is 5.88 Å². The highest BCUT2D eigenvalue weighted by atomic mass is 16.7. The molecule has 1 aliphatic rings. The van der Waals surface area contributed by atoms with E-state index >= 15 is 0 Å². The minimum absolute atomic E-state index is 0.291. The zero-order valence-electron chi connectivity index (χ0n) is 14.2. The van der Waals surface area contributed by atoms with Crippen LogP contribution in [0.3, 0.4) is 0 Å². The van der Waals surface area contributed by atoms with Crippen LogP contribution in [0.4, 0.5) is 0 Å². The lowest BCUT2D eigenvalue weighted by molar-refractivity contribution is -0.116. The second-order valence-electron chi connectivity index (χ2n) is 7.41. The van der Waals surface area contributed by atoms with Gasteiger partial charge in [-0.15, -0.1) is 0 Å². The molecule has 0 radical (unpaired) electrons. The molecule has 1 aromatic heterocycles. The fourth-order valence-electron chi connectivity index (χ4n) is 1.89. The summed E-state index contributed by atoms with van der Waals surface area (Å²) in [5.41, 5.74) is -0.422. The standard InChI is InChI=1S/C16H24BNO4/c1-14(2,10-19)11-20-13-8-7-12(9-18-13)17-21-15(3,4)16(5,6)22-17/h7-10H,11H2,1-6H3. The normalized spacial score (nSPS) is 20.0. The molecular formula is C16H24BNO4. The number of ether oxygens (including phenoxy) is 1. The van der Waals surface area contributed by atoms with E-state index in [2.05, 4.69) is 4.98 Å². The molecule has 1 aromatic rings. The lowest BCUT2D eigenvalue weighted by Gasteiger charge is -2.32. The first-order valence-electron chi connectivity index (χ1n) is 7.47. The van der Waals surface area contributed by atoms with Crippen molar-refractivity contribution in [2.75, 3.05) is 6.61 Å². The van der Waals surface area contributed by atoms with Gasteiger partial charge in [-0.05, 0) is 47.6 Å². The van der Waals surface area contributed by atoms with Crippen LogP contribution in [-0.4, -0.2) is 36.2 Å². The third-order valence-electron chi connectivity index (χ3n) is 4.20. The van der Waals surface area contributed by atoms with E-state index in [1.807, 2.05) is 47.6 Å². The van der Waals surface area contributed by atoms with Gasteiger partial charge in [0.05, 0.1) is 16.6 Å². The van der Waals surface area contributed by atoms with Crippen LogP contribution in [-0.2, 0) is 14.1 Å². The van der Waals surface area contributed by atoms with Crippen LogP contribution in [0.2, 0.25) is 0 Å². The van der Waals surface area contributed by atoms with E-state index in [9.17, 15) is 4.79 Å². The maximum atomic E-state index is 10.9. The lowest BCUT2D eigenvalue weighted by atomic mass is 9.80. The van der Waals surface area contributed by atoms with Crippen molar-refractivity contribution in [3.8, 4) is 5.88 Å². The Balaban J connectivity index is 2.03. The largest absolute Gasteiger partial charge is 0.496 e. The number of carbonyl (C=O) groups is 1. The number of nitrogens with zero attached hydrogens (tertiary/aromatic N) is 1. The predicted molar refractivity (Wildman–Crippen MR) is 85.3 cm³/mol. The Bertz CT molecular complexity index is 524. The summed E-state index contributed by atoms with van der Waals surface area (Å²) in [6, 6.07) is 3.64. The monoisotopic (exact) mass is 305 g/mol. The highest BCUT2D eigenvalue weighted by molar-refractivity contribution is 6.62. The van der Waals surface area contributed by atoms with Crippen LogP contribution < -0.4 is 10.2 Å². The van der Waals surface area contributed by atoms with E-state index in [1.165, 1.54) is 0 Å². The molecule has 6 heteroatoms. The summed E-state index contributed by atoms with van der Waals surface area (Å²) < 4.78 is 17.5. The van der Waals surface area contributed by atoms with Crippen molar-refractivity contribution in [1.29, 1.82) is 0 Å². The molecule has 0 atom stereocenters. The van der Waals surface area contributed by atoms with E-state index in [4.69, 9.17) is 14.0 Å². The first kappa shape index (κ1) is 17.0. The molecule has 0 spiro atoms. The van der Waals surface area contributed by atoms with E-state index in [1.54, 1.807) is 12.3 Å². The van der Waals surface area contributed by atoms with Gasteiger partial charge >= 0.3 is 7.12 Å². The van der Waals surface area contributed by atoms with Crippen LogP contribution in [0.15, 0.2) is 18.3 Å². The Hall–Kier alpha value is -1.40. The van der Waals surface area contributed by atoms with Crippen LogP contribution in [0, 0.1) is 5.41 Å². The molecule has 0 aromatic carbocycles. The Morgan fingerprint density at radius 2 is 1.82 bits per heavy atom. The Labute approximate surface area is 132 Å². The van der Waals surface area contributed by atoms with Crippen molar-refractivity contribution in [1.82, 2.24) is 4.98 Å². The summed E-state index contributed by atoms with van der Waals surface area (Å²) in [4.78, 5) is 15.1. The van der Waals surface area contributed by atoms with E-state index in [-0.39, 0.29) is 11.2 Å². The van der Waals surface area contributed by atoms with Gasteiger partial charge < -0.3 is 18.8 Å². The molecule has 0 unspecified atom stereocenters. The first-order valence-corrected chi connectivity index (χ1v) is 7.47. The molecule has 2 rings (SSSR count). The maximum absolute atomic E-state index is 10.9. The average molecular weight is 305 g/mol. The van der Waals surface area contributed by atoms with Gasteiger partial charge in [-0.2, -0.15) is 0 Å². The molecule has 120 valence electrons. The summed E-state index contributed by atoms with van der Waals surface area (Å²) in [6.45, 7) is 12.0. The molecule has 0 saturated carbocycles. The van der Waals surface area contributed by atoms with Gasteiger partial charge in [0, 0.05) is 11.7 Å². The molecule has 5 nitrogen and oxygen atoms in total. The van der Waals surface area contributed by atoms with E-state index < -0.39 is 12.5 Å². The number of aromatic nitrogens is 1. The second kappa shape index (κ2) is 5.67. The number of hydrogen-bond donors (Lipinski definition) is 0. The van der Waals surface area contributed by atoms with Crippen LogP contribution >= 0.6 is 0 Å². The molecule has 1 fully saturated rings. The van der Waals surface area contributed by atoms with E-state index in [0.29, 0.717) is 12.5 Å². The zero-order valence-corrected chi connectivity index (χ0v) is 14.2. The molecule has 1 saturated heterocycles. The minimum atomic E-state index is -0.522. The Morgan fingerprint density at radius 3 is 2.27 bits per heavy atom. The van der Waals surface area contributed by atoms with Gasteiger partial charge in [-0.1, -0.05) is 6.07 Å². The third kappa shape index (κ3) is 3.50. The van der Waals surface area contributed by atoms with Crippen LogP contribution in [0.1, 0.15) is 41.5 Å². The predicted octanol–water partition coefficient (Wildman–Crippen LogP) is 1.98. The van der Waals surface area contributed by atoms with Crippen molar-refractivity contribution in [2.45, 2.75) is 52.7 Å². The fraction of sp³-hybridized carbons (Fsp3) is 0.625. The van der Waals surface area contributed by atoms with Crippen molar-refractivity contribution >= 4 is 18.9 Å². The topological polar surface area (TPSA) is 57.7 Å². The average Bonchev–Trinajstić information content (AvgIpc) is 2.66. The van der Waals surface area contributed by atoms with Gasteiger partial charge in [0.25, 0.3) is 0 Å². The van der Waals surface area contributed by atoms with Crippen molar-refractivity contribution in [3.05, 3.63) is 18.3 Å². The zero-order chi connectivity index (χ0) is 16.6. The molecular weight excluding hydrogens is 281 g/mol. The molecule has 0 aliphatic carbocycles. The Kier molecular flexibility index (Phi) is 4.37. The fourth-order valence-corrected chi connectivity index (χ4v) is 1.89. The van der Waals surface area contributed by atoms with E-state index in [0.717, 1.165) is 11.7 Å². The number of rotatable bonds is 5. The van der Waals surface area contributed by atoms with Gasteiger partial charge in [0.15, 0.2) is 0 Å². The summed E-state index contributed by atoms with van der Waals surface area (Å²) in [7, 11) is -0.432. The molecule has 0 amide bonds. The SMILES string of the molecule is CC(C)(C=O)COc1ccc(B2OC(C)(C)C(C)(C)O2)cn1. The smallest absolute Gasteiger partial charge is 0.477 e. The highest BCUT2D eigenvalue weighted by Crippen LogP contribution is 2.36. The van der Waals surface area contributed by atoms with Gasteiger partial charge in [0.1, 0.15) is 12.9 Å². The first-order chi connectivity index (χ1) is 10.1. The van der Waals surface area contributed by atoms with Gasteiger partial charge in [0.2, 0.25) is 5.88 Å². The second-order valence-corrected chi connectivity index (χ2v) is 7.41. The lowest BCUT2D eigenvalue weighted by Crippen LogP contribution is -2.41. The molecule has 22 heavy (non-hydrogen) atoms. The minimum Gasteiger partial charge on any atom is -0.477 e. The number of carbonyl (C=O) groups excluding carboxylic acids is 1. The third-order valence-corrected chi connectivity index (χ3v) is 4.20. The number of pyridine rings is 1. The quantitative estimate of drug-likeness (QED) is 0.615. The van der Waals surface area contributed by atoms with Crippen molar-refractivity contribution in [2.24, 2.45) is 5.41 Å². The molecule has 1 aliphatic heterocycles. The van der Waals surface area contributed by atoms with Crippen molar-refractivity contribution < 1.29 is 18.8 Å². The molecule has 2 heterocycles. The summed E-state index contributed by atoms with van der Waals surface area (Å²) in [6.07, 6.45) is 2.57. The number of aldehydes is 1. The number of hydrogen-bond acceptors (Lipinski definition) is 5.